The summed E-state index contributed by atoms with van der Waals surface area (Å²) in [7, 11) is 3.37. The molecule has 0 bridgehead atoms. The molecule has 2 N–H and O–H groups in total. The van der Waals surface area contributed by atoms with Gasteiger partial charge >= 0.3 is 0 Å². The average molecular weight is 394 g/mol. The van der Waals surface area contributed by atoms with Crippen molar-refractivity contribution in [3.63, 3.8) is 0 Å². The molecule has 0 atom stereocenters. The van der Waals surface area contributed by atoms with Crippen molar-refractivity contribution in [3.05, 3.63) is 83.8 Å². The number of nitrogens with one attached hydrogen (secondary N) is 2. The van der Waals surface area contributed by atoms with Crippen LogP contribution in [0, 0.1) is 5.82 Å². The Labute approximate surface area is 169 Å². The van der Waals surface area contributed by atoms with E-state index in [0.717, 1.165) is 16.9 Å². The summed E-state index contributed by atoms with van der Waals surface area (Å²) >= 11 is 0. The third-order valence-electron chi connectivity index (χ3n) is 4.12. The molecule has 0 amide bonds. The summed E-state index contributed by atoms with van der Waals surface area (Å²) in [5.41, 5.74) is 2.08. The molecule has 3 rings (SSSR count). The second-order valence-electron chi connectivity index (χ2n) is 6.19. The fourth-order valence-electron chi connectivity index (χ4n) is 2.56. The number of ether oxygens (including phenoxy) is 2. The van der Waals surface area contributed by atoms with Gasteiger partial charge < -0.3 is 20.1 Å². The molecule has 150 valence electrons. The van der Waals surface area contributed by atoms with Crippen LogP contribution in [-0.4, -0.2) is 25.1 Å². The van der Waals surface area contributed by atoms with Crippen LogP contribution in [0.5, 0.6) is 17.4 Å². The molecule has 0 unspecified atom stereocenters. The van der Waals surface area contributed by atoms with E-state index in [4.69, 9.17) is 9.47 Å². The lowest BCUT2D eigenvalue weighted by atomic mass is 10.2. The lowest BCUT2D eigenvalue weighted by molar-refractivity contribution is 0.414. The second-order valence-corrected chi connectivity index (χ2v) is 6.19. The zero-order valence-corrected chi connectivity index (χ0v) is 16.4. The number of hydrogen-bond donors (Lipinski definition) is 2. The van der Waals surface area contributed by atoms with E-state index in [-0.39, 0.29) is 5.82 Å². The minimum absolute atomic E-state index is 0.350. The van der Waals surface area contributed by atoms with Crippen LogP contribution in [-0.2, 0) is 13.1 Å². The summed E-state index contributed by atoms with van der Waals surface area (Å²) < 4.78 is 23.9. The molecular weight excluding hydrogens is 371 g/mol. The monoisotopic (exact) mass is 394 g/mol. The first-order valence-corrected chi connectivity index (χ1v) is 9.12. The smallest absolute Gasteiger partial charge is 0.219 e. The molecule has 0 fully saturated rings. The van der Waals surface area contributed by atoms with Crippen LogP contribution in [0.1, 0.15) is 11.1 Å². The first kappa shape index (κ1) is 20.1. The molecule has 1 heterocycles. The van der Waals surface area contributed by atoms with Gasteiger partial charge in [-0.15, -0.1) is 0 Å². The Morgan fingerprint density at radius 2 is 1.69 bits per heavy atom. The lowest BCUT2D eigenvalue weighted by Crippen LogP contribution is -2.36. The van der Waals surface area contributed by atoms with E-state index in [1.165, 1.54) is 12.1 Å². The molecule has 7 heteroatoms. The van der Waals surface area contributed by atoms with Gasteiger partial charge in [-0.05, 0) is 35.4 Å². The number of benzene rings is 2. The number of nitrogens with zero attached hydrogens (tertiary/aromatic N) is 2. The Morgan fingerprint density at radius 1 is 0.966 bits per heavy atom. The molecule has 0 aliphatic carbocycles. The van der Waals surface area contributed by atoms with Crippen molar-refractivity contribution in [2.75, 3.05) is 14.2 Å². The third kappa shape index (κ3) is 6.21. The maximum absolute atomic E-state index is 13.2. The highest BCUT2D eigenvalue weighted by molar-refractivity contribution is 5.79. The Balaban J connectivity index is 1.48. The highest BCUT2D eigenvalue weighted by atomic mass is 19.1. The van der Waals surface area contributed by atoms with Crippen molar-refractivity contribution in [1.29, 1.82) is 0 Å². The average Bonchev–Trinajstić information content (AvgIpc) is 2.75. The predicted octanol–water partition coefficient (Wildman–Crippen LogP) is 3.89. The summed E-state index contributed by atoms with van der Waals surface area (Å²) in [6, 6.07) is 17.4. The van der Waals surface area contributed by atoms with Gasteiger partial charge in [-0.2, -0.15) is 0 Å². The van der Waals surface area contributed by atoms with E-state index in [2.05, 4.69) is 20.6 Å². The summed E-state index contributed by atoms with van der Waals surface area (Å²) in [4.78, 5) is 8.48. The van der Waals surface area contributed by atoms with Crippen molar-refractivity contribution < 1.29 is 13.9 Å². The fourth-order valence-corrected chi connectivity index (χ4v) is 2.56. The van der Waals surface area contributed by atoms with E-state index >= 15 is 0 Å². The van der Waals surface area contributed by atoms with Gasteiger partial charge in [0.15, 0.2) is 5.96 Å². The first-order valence-electron chi connectivity index (χ1n) is 9.12. The summed E-state index contributed by atoms with van der Waals surface area (Å²) in [5, 5.41) is 6.50. The Morgan fingerprint density at radius 3 is 2.31 bits per heavy atom. The predicted molar refractivity (Wildman–Crippen MR) is 111 cm³/mol. The third-order valence-corrected chi connectivity index (χ3v) is 4.12. The summed E-state index contributed by atoms with van der Waals surface area (Å²) in [6.07, 6.45) is 1.71. The van der Waals surface area contributed by atoms with Crippen LogP contribution in [0.15, 0.2) is 71.9 Å². The van der Waals surface area contributed by atoms with Crippen molar-refractivity contribution in [2.24, 2.45) is 4.99 Å². The zero-order valence-electron chi connectivity index (χ0n) is 16.4. The molecule has 2 aromatic carbocycles. The number of aromatic nitrogens is 1. The standard InChI is InChI=1S/C22H23FN4O2/c1-24-22(26-13-16-6-9-19(28-2)10-7-16)27-15-17-8-11-21(25-14-17)29-20-5-3-4-18(23)12-20/h3-12,14H,13,15H2,1-2H3,(H2,24,26,27). The second kappa shape index (κ2) is 10.1. The number of rotatable bonds is 7. The highest BCUT2D eigenvalue weighted by Gasteiger charge is 2.03. The fraction of sp³-hybridized carbons (Fsp3) is 0.182. The molecule has 1 aromatic heterocycles. The number of methoxy groups -OCH3 is 1. The van der Waals surface area contributed by atoms with E-state index in [0.29, 0.717) is 30.7 Å². The quantitative estimate of drug-likeness (QED) is 0.470. The first-order chi connectivity index (χ1) is 14.2. The number of aliphatic imine (C=N–C) groups is 1. The van der Waals surface area contributed by atoms with Gasteiger partial charge in [-0.3, -0.25) is 4.99 Å². The number of guanidine groups is 1. The zero-order chi connectivity index (χ0) is 20.5. The van der Waals surface area contributed by atoms with Crippen LogP contribution >= 0.6 is 0 Å². The van der Waals surface area contributed by atoms with Gasteiger partial charge in [0.25, 0.3) is 0 Å². The molecule has 6 nitrogen and oxygen atoms in total. The van der Waals surface area contributed by atoms with Crippen molar-refractivity contribution in [2.45, 2.75) is 13.1 Å². The largest absolute Gasteiger partial charge is 0.497 e. The van der Waals surface area contributed by atoms with Crippen LogP contribution in [0.25, 0.3) is 0 Å². The van der Waals surface area contributed by atoms with Gasteiger partial charge in [0.2, 0.25) is 5.88 Å². The van der Waals surface area contributed by atoms with E-state index < -0.39 is 0 Å². The molecule has 3 aromatic rings. The Hall–Kier alpha value is -3.61. The van der Waals surface area contributed by atoms with Crippen molar-refractivity contribution in [3.8, 4) is 17.4 Å². The number of hydrogen-bond acceptors (Lipinski definition) is 4. The van der Waals surface area contributed by atoms with E-state index in [1.807, 2.05) is 30.3 Å². The number of halogens is 1. The molecule has 0 saturated carbocycles. The molecule has 29 heavy (non-hydrogen) atoms. The van der Waals surface area contributed by atoms with E-state index in [9.17, 15) is 4.39 Å². The highest BCUT2D eigenvalue weighted by Crippen LogP contribution is 2.20. The van der Waals surface area contributed by atoms with E-state index in [1.54, 1.807) is 38.6 Å². The van der Waals surface area contributed by atoms with Gasteiger partial charge in [-0.25, -0.2) is 9.37 Å². The Kier molecular flexibility index (Phi) is 7.00. The normalized spacial score (nSPS) is 11.1. The van der Waals surface area contributed by atoms with Gasteiger partial charge in [0.05, 0.1) is 7.11 Å². The molecule has 0 aliphatic rings. The SMILES string of the molecule is CN=C(NCc1ccc(OC)cc1)NCc1ccc(Oc2cccc(F)c2)nc1. The number of pyridine rings is 1. The maximum Gasteiger partial charge on any atom is 0.219 e. The van der Waals surface area contributed by atoms with Crippen LogP contribution in [0.4, 0.5) is 4.39 Å². The molecular formula is C22H23FN4O2. The molecule has 0 spiro atoms. The minimum atomic E-state index is -0.350. The van der Waals surface area contributed by atoms with Crippen LogP contribution < -0.4 is 20.1 Å². The van der Waals surface area contributed by atoms with Crippen LogP contribution in [0.3, 0.4) is 0 Å². The lowest BCUT2D eigenvalue weighted by Gasteiger charge is -2.12. The van der Waals surface area contributed by atoms with Gasteiger partial charge in [0, 0.05) is 38.5 Å². The van der Waals surface area contributed by atoms with Gasteiger partial charge in [0.1, 0.15) is 17.3 Å². The summed E-state index contributed by atoms with van der Waals surface area (Å²) in [6.45, 7) is 1.19. The Bertz CT molecular complexity index is 944. The molecule has 0 radical (unpaired) electrons. The molecule has 0 saturated heterocycles. The van der Waals surface area contributed by atoms with Crippen LogP contribution in [0.2, 0.25) is 0 Å². The molecule has 0 aliphatic heterocycles. The minimum Gasteiger partial charge on any atom is -0.497 e. The van der Waals surface area contributed by atoms with Crippen molar-refractivity contribution >= 4 is 5.96 Å². The summed E-state index contributed by atoms with van der Waals surface area (Å²) in [5.74, 6) is 1.97. The van der Waals surface area contributed by atoms with Crippen molar-refractivity contribution in [1.82, 2.24) is 15.6 Å². The maximum atomic E-state index is 13.2. The topological polar surface area (TPSA) is 67.8 Å². The van der Waals surface area contributed by atoms with Gasteiger partial charge in [-0.1, -0.05) is 24.3 Å².